The van der Waals surface area contributed by atoms with Crippen LogP contribution < -0.4 is 5.32 Å². The number of rotatable bonds is 3. The highest BCUT2D eigenvalue weighted by molar-refractivity contribution is 7.15. The number of carbonyl (C=O) groups is 2. The van der Waals surface area contributed by atoms with E-state index in [2.05, 4.69) is 15.5 Å². The molecule has 3 rings (SSSR count). The van der Waals surface area contributed by atoms with Crippen molar-refractivity contribution in [2.45, 2.75) is 19.8 Å². The molecule has 2 aromatic rings. The third kappa shape index (κ3) is 3.76. The number of amides is 2. The summed E-state index contributed by atoms with van der Waals surface area (Å²) in [7, 11) is 0. The lowest BCUT2D eigenvalue weighted by Gasteiger charge is -2.32. The zero-order valence-electron chi connectivity index (χ0n) is 13.2. The molecule has 6 nitrogen and oxygen atoms in total. The summed E-state index contributed by atoms with van der Waals surface area (Å²) in [5.41, 5.74) is 0.428. The monoisotopic (exact) mass is 348 g/mol. The number of aromatic nitrogens is 2. The van der Waals surface area contributed by atoms with Crippen LogP contribution in [0, 0.1) is 18.7 Å². The number of likely N-dealkylation sites (tertiary alicyclic amines) is 1. The lowest BCUT2D eigenvalue weighted by molar-refractivity contribution is -0.121. The van der Waals surface area contributed by atoms with E-state index in [1.807, 2.05) is 6.92 Å². The van der Waals surface area contributed by atoms with Crippen molar-refractivity contribution in [1.82, 2.24) is 15.1 Å². The first-order chi connectivity index (χ1) is 11.5. The van der Waals surface area contributed by atoms with E-state index in [1.54, 1.807) is 4.90 Å². The maximum atomic E-state index is 13.0. The van der Waals surface area contributed by atoms with Crippen molar-refractivity contribution in [2.24, 2.45) is 5.92 Å². The molecule has 2 heterocycles. The van der Waals surface area contributed by atoms with Crippen LogP contribution in [0.1, 0.15) is 28.2 Å². The summed E-state index contributed by atoms with van der Waals surface area (Å²) >= 11 is 1.32. The molecular weight excluding hydrogens is 331 g/mol. The average Bonchev–Trinajstić information content (AvgIpc) is 3.00. The molecule has 0 unspecified atom stereocenters. The number of aryl methyl sites for hydroxylation is 1. The maximum Gasteiger partial charge on any atom is 0.253 e. The number of piperidine rings is 1. The van der Waals surface area contributed by atoms with Gasteiger partial charge in [-0.15, -0.1) is 10.2 Å². The van der Waals surface area contributed by atoms with Crippen LogP contribution in [0.3, 0.4) is 0 Å². The van der Waals surface area contributed by atoms with Gasteiger partial charge in [-0.1, -0.05) is 11.3 Å². The van der Waals surface area contributed by atoms with Gasteiger partial charge in [-0.25, -0.2) is 4.39 Å². The van der Waals surface area contributed by atoms with Crippen molar-refractivity contribution >= 4 is 28.3 Å². The molecule has 0 radical (unpaired) electrons. The molecule has 1 aliphatic rings. The summed E-state index contributed by atoms with van der Waals surface area (Å²) in [5.74, 6) is -0.996. The molecule has 0 aliphatic carbocycles. The molecule has 2 amide bonds. The first-order valence-electron chi connectivity index (χ1n) is 7.69. The number of nitrogens with one attached hydrogen (secondary N) is 1. The molecule has 1 atom stereocenters. The highest BCUT2D eigenvalue weighted by Crippen LogP contribution is 2.22. The topological polar surface area (TPSA) is 75.2 Å². The van der Waals surface area contributed by atoms with Gasteiger partial charge >= 0.3 is 0 Å². The van der Waals surface area contributed by atoms with Crippen molar-refractivity contribution in [3.8, 4) is 0 Å². The van der Waals surface area contributed by atoms with E-state index in [9.17, 15) is 14.0 Å². The van der Waals surface area contributed by atoms with Gasteiger partial charge in [0, 0.05) is 18.7 Å². The standard InChI is InChI=1S/C16H17FN4O2S/c1-10-19-20-16(24-10)18-14(22)12-3-2-8-21(9-12)15(23)11-4-6-13(17)7-5-11/h4-7,12H,2-3,8-9H2,1H3,(H,18,20,22)/t12-/m0/s1. The molecule has 126 valence electrons. The number of anilines is 1. The lowest BCUT2D eigenvalue weighted by atomic mass is 9.96. The van der Waals surface area contributed by atoms with Gasteiger partial charge in [0.2, 0.25) is 11.0 Å². The van der Waals surface area contributed by atoms with E-state index >= 15 is 0 Å². The van der Waals surface area contributed by atoms with Crippen LogP contribution in [0.4, 0.5) is 9.52 Å². The Bertz CT molecular complexity index is 747. The molecular formula is C16H17FN4O2S. The van der Waals surface area contributed by atoms with Crippen LogP contribution in [0.25, 0.3) is 0 Å². The van der Waals surface area contributed by atoms with Crippen LogP contribution in [0.5, 0.6) is 0 Å². The number of hydrogen-bond donors (Lipinski definition) is 1. The Labute approximate surface area is 142 Å². The molecule has 1 N–H and O–H groups in total. The second kappa shape index (κ2) is 7.04. The molecule has 0 bridgehead atoms. The second-order valence-electron chi connectivity index (χ2n) is 5.71. The largest absolute Gasteiger partial charge is 0.338 e. The quantitative estimate of drug-likeness (QED) is 0.925. The van der Waals surface area contributed by atoms with E-state index in [0.29, 0.717) is 23.8 Å². The Kier molecular flexibility index (Phi) is 4.84. The lowest BCUT2D eigenvalue weighted by Crippen LogP contribution is -2.43. The summed E-state index contributed by atoms with van der Waals surface area (Å²) in [6.07, 6.45) is 1.47. The minimum atomic E-state index is -0.380. The van der Waals surface area contributed by atoms with Crippen molar-refractivity contribution in [1.29, 1.82) is 0 Å². The van der Waals surface area contributed by atoms with Crippen LogP contribution >= 0.6 is 11.3 Å². The first kappa shape index (κ1) is 16.5. The third-order valence-electron chi connectivity index (χ3n) is 3.93. The smallest absolute Gasteiger partial charge is 0.253 e. The average molecular weight is 348 g/mol. The van der Waals surface area contributed by atoms with Crippen LogP contribution in [0.2, 0.25) is 0 Å². The van der Waals surface area contributed by atoms with E-state index in [4.69, 9.17) is 0 Å². The summed E-state index contributed by atoms with van der Waals surface area (Å²) in [4.78, 5) is 26.5. The summed E-state index contributed by atoms with van der Waals surface area (Å²) in [5, 5.41) is 11.8. The van der Waals surface area contributed by atoms with Gasteiger partial charge in [-0.2, -0.15) is 0 Å². The molecule has 1 aliphatic heterocycles. The minimum Gasteiger partial charge on any atom is -0.338 e. The van der Waals surface area contributed by atoms with Crippen molar-refractivity contribution in [3.63, 3.8) is 0 Å². The first-order valence-corrected chi connectivity index (χ1v) is 8.50. The van der Waals surface area contributed by atoms with Crippen molar-refractivity contribution in [3.05, 3.63) is 40.7 Å². The van der Waals surface area contributed by atoms with Gasteiger partial charge in [-0.05, 0) is 44.0 Å². The molecule has 8 heteroatoms. The molecule has 24 heavy (non-hydrogen) atoms. The van der Waals surface area contributed by atoms with Crippen LogP contribution in [-0.4, -0.2) is 40.0 Å². The van der Waals surface area contributed by atoms with E-state index < -0.39 is 0 Å². The molecule has 1 aromatic heterocycles. The molecule has 1 aromatic carbocycles. The van der Waals surface area contributed by atoms with Gasteiger partial charge < -0.3 is 10.2 Å². The minimum absolute atomic E-state index is 0.150. The predicted molar refractivity (Wildman–Crippen MR) is 88.3 cm³/mol. The third-order valence-corrected chi connectivity index (χ3v) is 4.68. The fourth-order valence-electron chi connectivity index (χ4n) is 2.71. The molecule has 1 fully saturated rings. The van der Waals surface area contributed by atoms with Gasteiger partial charge in [0.1, 0.15) is 10.8 Å². The molecule has 0 spiro atoms. The van der Waals surface area contributed by atoms with Crippen LogP contribution in [-0.2, 0) is 4.79 Å². The van der Waals surface area contributed by atoms with Gasteiger partial charge in [-0.3, -0.25) is 9.59 Å². The van der Waals surface area contributed by atoms with Crippen molar-refractivity contribution < 1.29 is 14.0 Å². The van der Waals surface area contributed by atoms with Gasteiger partial charge in [0.25, 0.3) is 5.91 Å². The fourth-order valence-corrected chi connectivity index (χ4v) is 3.30. The summed E-state index contributed by atoms with van der Waals surface area (Å²) < 4.78 is 13.0. The highest BCUT2D eigenvalue weighted by Gasteiger charge is 2.29. The Morgan fingerprint density at radius 3 is 2.71 bits per heavy atom. The maximum absolute atomic E-state index is 13.0. The summed E-state index contributed by atoms with van der Waals surface area (Å²) in [6.45, 7) is 2.76. The predicted octanol–water partition coefficient (Wildman–Crippen LogP) is 2.48. The SMILES string of the molecule is Cc1nnc(NC(=O)[C@H]2CCCN(C(=O)c3ccc(F)cc3)C2)s1. The number of benzene rings is 1. The Balaban J connectivity index is 1.64. The Morgan fingerprint density at radius 2 is 2.04 bits per heavy atom. The van der Waals surface area contributed by atoms with Crippen LogP contribution in [0.15, 0.2) is 24.3 Å². The number of hydrogen-bond acceptors (Lipinski definition) is 5. The Hall–Kier alpha value is -2.35. The van der Waals surface area contributed by atoms with E-state index in [0.717, 1.165) is 17.8 Å². The fraction of sp³-hybridized carbons (Fsp3) is 0.375. The number of halogens is 1. The van der Waals surface area contributed by atoms with E-state index in [1.165, 1.54) is 35.6 Å². The Morgan fingerprint density at radius 1 is 1.29 bits per heavy atom. The van der Waals surface area contributed by atoms with Crippen molar-refractivity contribution in [2.75, 3.05) is 18.4 Å². The summed E-state index contributed by atoms with van der Waals surface area (Å²) in [6, 6.07) is 5.45. The van der Waals surface area contributed by atoms with Gasteiger partial charge in [0.15, 0.2) is 0 Å². The zero-order valence-corrected chi connectivity index (χ0v) is 14.0. The van der Waals surface area contributed by atoms with E-state index in [-0.39, 0.29) is 23.5 Å². The van der Waals surface area contributed by atoms with Gasteiger partial charge in [0.05, 0.1) is 5.92 Å². The highest BCUT2D eigenvalue weighted by atomic mass is 32.1. The zero-order chi connectivity index (χ0) is 17.1. The number of nitrogens with zero attached hydrogens (tertiary/aromatic N) is 3. The second-order valence-corrected chi connectivity index (χ2v) is 6.89. The number of carbonyl (C=O) groups excluding carboxylic acids is 2. The normalized spacial score (nSPS) is 17.6. The molecule has 0 saturated carbocycles. The molecule has 1 saturated heterocycles.